The molecule has 1 aliphatic heterocycles. The molecule has 1 aliphatic rings. The first-order valence-electron chi connectivity index (χ1n) is 11.5. The summed E-state index contributed by atoms with van der Waals surface area (Å²) >= 11 is 0. The Hall–Kier alpha value is -3.07. The maximum absolute atomic E-state index is 13.3. The number of nitrogens with zero attached hydrogens (tertiary/aromatic N) is 2. The summed E-state index contributed by atoms with van der Waals surface area (Å²) in [5.41, 5.74) is 2.80. The van der Waals surface area contributed by atoms with Crippen molar-refractivity contribution in [2.75, 3.05) is 13.6 Å². The van der Waals surface area contributed by atoms with Crippen molar-refractivity contribution in [1.29, 1.82) is 0 Å². The number of rotatable bonds is 8. The van der Waals surface area contributed by atoms with Crippen LogP contribution < -0.4 is 4.74 Å². The van der Waals surface area contributed by atoms with E-state index >= 15 is 0 Å². The van der Waals surface area contributed by atoms with E-state index in [4.69, 9.17) is 5.11 Å². The second-order valence-corrected chi connectivity index (χ2v) is 9.83. The van der Waals surface area contributed by atoms with Crippen LogP contribution in [0.4, 0.5) is 13.2 Å². The molecule has 6 nitrogen and oxygen atoms in total. The zero-order chi connectivity index (χ0) is 26.0. The van der Waals surface area contributed by atoms with E-state index in [0.29, 0.717) is 13.0 Å². The third kappa shape index (κ3) is 6.75. The molecule has 0 spiro atoms. The maximum Gasteiger partial charge on any atom is 0.573 e. The van der Waals surface area contributed by atoms with Gasteiger partial charge in [0, 0.05) is 13.0 Å². The molecule has 1 fully saturated rings. The number of amides is 1. The Bertz CT molecular complexity index is 1030. The van der Waals surface area contributed by atoms with Gasteiger partial charge in [-0.3, -0.25) is 14.5 Å². The van der Waals surface area contributed by atoms with Gasteiger partial charge in [0.2, 0.25) is 5.91 Å². The molecule has 0 aromatic heterocycles. The number of aliphatic carboxylic acids is 1. The SMILES string of the molecule is CN1C(c2ccc(C(C)(C)C)cc2)N(CCc2ccc(OC(F)(F)F)cc2)C(=O)[C@@H]1CCC(=O)O. The highest BCUT2D eigenvalue weighted by Gasteiger charge is 2.44. The van der Waals surface area contributed by atoms with Gasteiger partial charge in [-0.15, -0.1) is 13.2 Å². The Morgan fingerprint density at radius 1 is 1.03 bits per heavy atom. The van der Waals surface area contributed by atoms with Crippen LogP contribution in [0.5, 0.6) is 5.75 Å². The summed E-state index contributed by atoms with van der Waals surface area (Å²) < 4.78 is 41.1. The number of likely N-dealkylation sites (N-methyl/N-ethyl adjacent to an activating group) is 1. The van der Waals surface area contributed by atoms with E-state index in [1.54, 1.807) is 17.0 Å². The van der Waals surface area contributed by atoms with Gasteiger partial charge in [-0.25, -0.2) is 0 Å². The van der Waals surface area contributed by atoms with Crippen molar-refractivity contribution in [2.45, 2.75) is 64.0 Å². The van der Waals surface area contributed by atoms with Gasteiger partial charge in [-0.1, -0.05) is 57.2 Å². The highest BCUT2D eigenvalue weighted by molar-refractivity contribution is 5.85. The Kier molecular flexibility index (Phi) is 7.79. The summed E-state index contributed by atoms with van der Waals surface area (Å²) in [6, 6.07) is 13.1. The highest BCUT2D eigenvalue weighted by atomic mass is 19.4. The van der Waals surface area contributed by atoms with E-state index in [9.17, 15) is 22.8 Å². The lowest BCUT2D eigenvalue weighted by molar-refractivity contribution is -0.274. The summed E-state index contributed by atoms with van der Waals surface area (Å²) in [5, 5.41) is 9.12. The molecule has 0 saturated carbocycles. The van der Waals surface area contributed by atoms with E-state index in [2.05, 4.69) is 25.5 Å². The number of halogens is 3. The number of carbonyl (C=O) groups excluding carboxylic acids is 1. The molecule has 1 unspecified atom stereocenters. The lowest BCUT2D eigenvalue weighted by atomic mass is 9.86. The van der Waals surface area contributed by atoms with Crippen molar-refractivity contribution in [2.24, 2.45) is 0 Å². The van der Waals surface area contributed by atoms with Crippen molar-refractivity contribution in [1.82, 2.24) is 9.80 Å². The van der Waals surface area contributed by atoms with Gasteiger partial charge >= 0.3 is 12.3 Å². The zero-order valence-corrected chi connectivity index (χ0v) is 20.3. The molecule has 2 aromatic rings. The average Bonchev–Trinajstić information content (AvgIpc) is 2.99. The fourth-order valence-corrected chi connectivity index (χ4v) is 4.37. The summed E-state index contributed by atoms with van der Waals surface area (Å²) in [7, 11) is 1.82. The van der Waals surface area contributed by atoms with Crippen LogP contribution in [-0.2, 0) is 21.4 Å². The van der Waals surface area contributed by atoms with Gasteiger partial charge in [0.05, 0.1) is 6.04 Å². The molecule has 0 radical (unpaired) electrons. The lowest BCUT2D eigenvalue weighted by Crippen LogP contribution is -2.33. The van der Waals surface area contributed by atoms with Gasteiger partial charge < -0.3 is 14.7 Å². The van der Waals surface area contributed by atoms with Crippen molar-refractivity contribution in [3.8, 4) is 5.75 Å². The highest BCUT2D eigenvalue weighted by Crippen LogP contribution is 2.36. The van der Waals surface area contributed by atoms with Gasteiger partial charge in [-0.05, 0) is 54.1 Å². The Morgan fingerprint density at radius 3 is 2.14 bits per heavy atom. The lowest BCUT2D eigenvalue weighted by Gasteiger charge is -2.30. The van der Waals surface area contributed by atoms with E-state index in [1.807, 2.05) is 36.2 Å². The van der Waals surface area contributed by atoms with Gasteiger partial charge in [-0.2, -0.15) is 0 Å². The van der Waals surface area contributed by atoms with Crippen molar-refractivity contribution in [3.05, 3.63) is 65.2 Å². The molecule has 1 heterocycles. The molecule has 1 amide bonds. The average molecular weight is 493 g/mol. The number of hydrogen-bond donors (Lipinski definition) is 1. The van der Waals surface area contributed by atoms with Crippen LogP contribution in [-0.4, -0.2) is 52.8 Å². The largest absolute Gasteiger partial charge is 0.573 e. The molecule has 1 saturated heterocycles. The van der Waals surface area contributed by atoms with E-state index < -0.39 is 18.4 Å². The second-order valence-electron chi connectivity index (χ2n) is 9.83. The quantitative estimate of drug-likeness (QED) is 0.553. The molecule has 9 heteroatoms. The van der Waals surface area contributed by atoms with Gasteiger partial charge in [0.15, 0.2) is 0 Å². The fraction of sp³-hybridized carbons (Fsp3) is 0.462. The van der Waals surface area contributed by atoms with Crippen LogP contribution in [0.25, 0.3) is 0 Å². The molecule has 3 rings (SSSR count). The predicted octanol–water partition coefficient (Wildman–Crippen LogP) is 5.13. The summed E-state index contributed by atoms with van der Waals surface area (Å²) in [4.78, 5) is 28.1. The number of carboxylic acid groups (broad SMARTS) is 1. The Labute approximate surface area is 203 Å². The summed E-state index contributed by atoms with van der Waals surface area (Å²) in [6.45, 7) is 6.68. The monoisotopic (exact) mass is 492 g/mol. The Balaban J connectivity index is 1.81. The van der Waals surface area contributed by atoms with Crippen molar-refractivity contribution < 1.29 is 32.6 Å². The van der Waals surface area contributed by atoms with Crippen LogP contribution in [0, 0.1) is 0 Å². The first-order chi connectivity index (χ1) is 16.3. The van der Waals surface area contributed by atoms with Crippen LogP contribution in [0.3, 0.4) is 0 Å². The molecule has 2 atom stereocenters. The molecule has 2 aromatic carbocycles. The smallest absolute Gasteiger partial charge is 0.481 e. The van der Waals surface area contributed by atoms with E-state index in [0.717, 1.165) is 16.7 Å². The van der Waals surface area contributed by atoms with Crippen LogP contribution in [0.2, 0.25) is 0 Å². The third-order valence-electron chi connectivity index (χ3n) is 6.25. The number of alkyl halides is 3. The van der Waals surface area contributed by atoms with Crippen LogP contribution in [0.15, 0.2) is 48.5 Å². The molecule has 35 heavy (non-hydrogen) atoms. The maximum atomic E-state index is 13.3. The number of ether oxygens (including phenoxy) is 1. The summed E-state index contributed by atoms with van der Waals surface area (Å²) in [6.07, 6.45) is -4.63. The number of carbonyl (C=O) groups is 2. The minimum atomic E-state index is -4.76. The topological polar surface area (TPSA) is 70.1 Å². The van der Waals surface area contributed by atoms with Gasteiger partial charge in [0.1, 0.15) is 11.9 Å². The van der Waals surface area contributed by atoms with Crippen molar-refractivity contribution in [3.63, 3.8) is 0 Å². The first-order valence-corrected chi connectivity index (χ1v) is 11.5. The minimum Gasteiger partial charge on any atom is -0.481 e. The molecular formula is C26H31F3N2O4. The molecule has 1 N–H and O–H groups in total. The third-order valence-corrected chi connectivity index (χ3v) is 6.25. The normalized spacial score (nSPS) is 19.3. The van der Waals surface area contributed by atoms with Gasteiger partial charge in [0.25, 0.3) is 0 Å². The molecule has 190 valence electrons. The first kappa shape index (κ1) is 26.5. The molecule has 0 aliphatic carbocycles. The van der Waals surface area contributed by atoms with Crippen molar-refractivity contribution >= 4 is 11.9 Å². The molecular weight excluding hydrogens is 461 g/mol. The zero-order valence-electron chi connectivity index (χ0n) is 20.3. The fourth-order valence-electron chi connectivity index (χ4n) is 4.37. The minimum absolute atomic E-state index is 0.0262. The standard InChI is InChI=1S/C26H31F3N2O4/c1-25(2,3)19-9-7-18(8-10-19)23-30(4)21(13-14-22(32)33)24(34)31(23)16-15-17-5-11-20(12-6-17)35-26(27,28)29/h5-12,21,23H,13-16H2,1-4H3,(H,32,33)/t21-,23?/m0/s1. The summed E-state index contributed by atoms with van der Waals surface area (Å²) in [5.74, 6) is -1.42. The molecule has 0 bridgehead atoms. The number of hydrogen-bond acceptors (Lipinski definition) is 4. The van der Waals surface area contributed by atoms with Crippen LogP contribution in [0.1, 0.15) is 56.5 Å². The number of carboxylic acids is 1. The Morgan fingerprint density at radius 2 is 1.63 bits per heavy atom. The van der Waals surface area contributed by atoms with E-state index in [1.165, 1.54) is 12.1 Å². The van der Waals surface area contributed by atoms with Crippen LogP contribution >= 0.6 is 0 Å². The second kappa shape index (κ2) is 10.3. The van der Waals surface area contributed by atoms with E-state index in [-0.39, 0.29) is 36.1 Å². The number of benzene rings is 2. The predicted molar refractivity (Wildman–Crippen MR) is 125 cm³/mol.